The van der Waals surface area contributed by atoms with Gasteiger partial charge in [-0.1, -0.05) is 62.0 Å². The Morgan fingerprint density at radius 3 is 2.30 bits per heavy atom. The molecule has 0 aliphatic carbocycles. The zero-order valence-electron chi connectivity index (χ0n) is 16.3. The van der Waals surface area contributed by atoms with Crippen molar-refractivity contribution in [3.05, 3.63) is 78.5 Å². The summed E-state index contributed by atoms with van der Waals surface area (Å²) in [6, 6.07) is 21.4. The van der Waals surface area contributed by atoms with Gasteiger partial charge in [0.15, 0.2) is 0 Å². The zero-order valence-corrected chi connectivity index (χ0v) is 16.3. The van der Waals surface area contributed by atoms with Gasteiger partial charge in [0.2, 0.25) is 0 Å². The SMILES string of the molecule is C=C1COC2(CCN(CC(C)c3ccccc3)CC2)CN1c1ccccc1. The number of likely N-dealkylation sites (tertiary alicyclic amines) is 1. The molecule has 2 heterocycles. The molecule has 142 valence electrons. The molecule has 2 saturated heterocycles. The van der Waals surface area contributed by atoms with Crippen molar-refractivity contribution in [2.75, 3.05) is 37.7 Å². The summed E-state index contributed by atoms with van der Waals surface area (Å²) in [4.78, 5) is 4.95. The van der Waals surface area contributed by atoms with E-state index < -0.39 is 0 Å². The third kappa shape index (κ3) is 4.10. The highest BCUT2D eigenvalue weighted by molar-refractivity contribution is 5.52. The van der Waals surface area contributed by atoms with Crippen LogP contribution >= 0.6 is 0 Å². The Bertz CT molecular complexity index is 750. The first-order chi connectivity index (χ1) is 13.2. The van der Waals surface area contributed by atoms with Gasteiger partial charge in [-0.15, -0.1) is 0 Å². The lowest BCUT2D eigenvalue weighted by atomic mass is 9.88. The first-order valence-corrected chi connectivity index (χ1v) is 10.1. The minimum absolute atomic E-state index is 0.0382. The van der Waals surface area contributed by atoms with Crippen LogP contribution in [0.15, 0.2) is 72.9 Å². The fourth-order valence-electron chi connectivity index (χ4n) is 4.36. The topological polar surface area (TPSA) is 15.7 Å². The predicted octanol–water partition coefficient (Wildman–Crippen LogP) is 4.68. The van der Waals surface area contributed by atoms with Gasteiger partial charge >= 0.3 is 0 Å². The highest BCUT2D eigenvalue weighted by atomic mass is 16.5. The monoisotopic (exact) mass is 362 g/mol. The van der Waals surface area contributed by atoms with Crippen molar-refractivity contribution in [2.24, 2.45) is 0 Å². The summed E-state index contributed by atoms with van der Waals surface area (Å²) in [5.74, 6) is 0.563. The van der Waals surface area contributed by atoms with Crippen LogP contribution in [0.3, 0.4) is 0 Å². The Morgan fingerprint density at radius 1 is 1.00 bits per heavy atom. The second-order valence-corrected chi connectivity index (χ2v) is 8.07. The van der Waals surface area contributed by atoms with Gasteiger partial charge in [0, 0.05) is 31.0 Å². The molecule has 1 atom stereocenters. The summed E-state index contributed by atoms with van der Waals surface area (Å²) in [6.45, 7) is 11.4. The van der Waals surface area contributed by atoms with Crippen LogP contribution in [0, 0.1) is 0 Å². The molecular weight excluding hydrogens is 332 g/mol. The number of para-hydroxylation sites is 1. The van der Waals surface area contributed by atoms with E-state index in [1.807, 2.05) is 0 Å². The smallest absolute Gasteiger partial charge is 0.0890 e. The van der Waals surface area contributed by atoms with E-state index in [4.69, 9.17) is 4.74 Å². The van der Waals surface area contributed by atoms with Crippen molar-refractivity contribution >= 4 is 5.69 Å². The second-order valence-electron chi connectivity index (χ2n) is 8.07. The van der Waals surface area contributed by atoms with Crippen LogP contribution in [0.2, 0.25) is 0 Å². The van der Waals surface area contributed by atoms with E-state index in [-0.39, 0.29) is 5.60 Å². The zero-order chi connectivity index (χ0) is 18.7. The van der Waals surface area contributed by atoms with E-state index in [0.29, 0.717) is 12.5 Å². The summed E-state index contributed by atoms with van der Waals surface area (Å²) < 4.78 is 6.34. The van der Waals surface area contributed by atoms with Gasteiger partial charge in [0.05, 0.1) is 18.8 Å². The molecule has 4 rings (SSSR count). The summed E-state index contributed by atoms with van der Waals surface area (Å²) >= 11 is 0. The van der Waals surface area contributed by atoms with Gasteiger partial charge in [-0.2, -0.15) is 0 Å². The summed E-state index contributed by atoms with van der Waals surface area (Å²) in [5, 5.41) is 0. The average molecular weight is 363 g/mol. The first-order valence-electron chi connectivity index (χ1n) is 10.1. The number of benzene rings is 2. The Balaban J connectivity index is 1.37. The van der Waals surface area contributed by atoms with Gasteiger partial charge in [-0.3, -0.25) is 0 Å². The maximum atomic E-state index is 6.34. The molecule has 1 spiro atoms. The van der Waals surface area contributed by atoms with Gasteiger partial charge in [-0.25, -0.2) is 0 Å². The van der Waals surface area contributed by atoms with Crippen molar-refractivity contribution < 1.29 is 4.74 Å². The average Bonchev–Trinajstić information content (AvgIpc) is 2.73. The highest BCUT2D eigenvalue weighted by Crippen LogP contribution is 2.35. The standard InChI is InChI=1S/C24H30N2O/c1-20(22-9-5-3-6-10-22)17-25-15-13-24(14-16-25)19-26(21(2)18-27-24)23-11-7-4-8-12-23/h3-12,20H,2,13-19H2,1H3. The second kappa shape index (κ2) is 7.87. The number of ether oxygens (including phenoxy) is 1. The number of hydrogen-bond acceptors (Lipinski definition) is 3. The molecule has 0 bridgehead atoms. The molecule has 2 aliphatic rings. The highest BCUT2D eigenvalue weighted by Gasteiger charge is 2.41. The molecule has 0 saturated carbocycles. The lowest BCUT2D eigenvalue weighted by Crippen LogP contribution is -2.56. The largest absolute Gasteiger partial charge is 0.367 e. The molecule has 27 heavy (non-hydrogen) atoms. The Morgan fingerprint density at radius 2 is 1.63 bits per heavy atom. The van der Waals surface area contributed by atoms with Gasteiger partial charge in [-0.05, 0) is 36.5 Å². The molecule has 2 aliphatic heterocycles. The third-order valence-electron chi connectivity index (χ3n) is 6.11. The van der Waals surface area contributed by atoms with E-state index in [1.54, 1.807) is 0 Å². The Kier molecular flexibility index (Phi) is 5.33. The van der Waals surface area contributed by atoms with Crippen molar-refractivity contribution in [2.45, 2.75) is 31.3 Å². The van der Waals surface area contributed by atoms with Crippen LogP contribution in [0.5, 0.6) is 0 Å². The fourth-order valence-corrected chi connectivity index (χ4v) is 4.36. The van der Waals surface area contributed by atoms with Crippen molar-refractivity contribution in [1.29, 1.82) is 0 Å². The molecule has 1 unspecified atom stereocenters. The number of piperidine rings is 1. The van der Waals surface area contributed by atoms with Crippen LogP contribution in [0.25, 0.3) is 0 Å². The lowest BCUT2D eigenvalue weighted by Gasteiger charge is -2.49. The third-order valence-corrected chi connectivity index (χ3v) is 6.11. The molecule has 2 aromatic carbocycles. The van der Waals surface area contributed by atoms with Crippen LogP contribution in [0.4, 0.5) is 5.69 Å². The molecule has 0 aromatic heterocycles. The lowest BCUT2D eigenvalue weighted by molar-refractivity contribution is -0.0817. The molecule has 3 nitrogen and oxygen atoms in total. The van der Waals surface area contributed by atoms with Crippen LogP contribution in [0.1, 0.15) is 31.2 Å². The fraction of sp³-hybridized carbons (Fsp3) is 0.417. The van der Waals surface area contributed by atoms with Gasteiger partial charge in [0.1, 0.15) is 0 Å². The summed E-state index contributed by atoms with van der Waals surface area (Å²) in [5.41, 5.74) is 3.68. The van der Waals surface area contributed by atoms with Gasteiger partial charge in [0.25, 0.3) is 0 Å². The predicted molar refractivity (Wildman–Crippen MR) is 112 cm³/mol. The maximum absolute atomic E-state index is 6.34. The quantitative estimate of drug-likeness (QED) is 0.786. The van der Waals surface area contributed by atoms with E-state index in [1.165, 1.54) is 11.3 Å². The number of nitrogens with zero attached hydrogens (tertiary/aromatic N) is 2. The normalized spacial score (nSPS) is 21.4. The molecule has 0 radical (unpaired) electrons. The number of rotatable bonds is 4. The van der Waals surface area contributed by atoms with E-state index >= 15 is 0 Å². The molecule has 2 fully saturated rings. The van der Waals surface area contributed by atoms with Crippen LogP contribution in [-0.4, -0.2) is 43.3 Å². The van der Waals surface area contributed by atoms with Crippen molar-refractivity contribution in [1.82, 2.24) is 4.90 Å². The van der Waals surface area contributed by atoms with E-state index in [9.17, 15) is 0 Å². The molecular formula is C24H30N2O. The van der Waals surface area contributed by atoms with Gasteiger partial charge < -0.3 is 14.5 Å². The number of hydrogen-bond donors (Lipinski definition) is 0. The minimum atomic E-state index is -0.0382. The Labute approximate surface area is 163 Å². The number of morpholine rings is 1. The van der Waals surface area contributed by atoms with E-state index in [2.05, 4.69) is 84.0 Å². The van der Waals surface area contributed by atoms with E-state index in [0.717, 1.165) is 44.7 Å². The minimum Gasteiger partial charge on any atom is -0.367 e. The number of anilines is 1. The maximum Gasteiger partial charge on any atom is 0.0890 e. The summed E-state index contributed by atoms with van der Waals surface area (Å²) in [7, 11) is 0. The van der Waals surface area contributed by atoms with Crippen molar-refractivity contribution in [3.8, 4) is 0 Å². The Hall–Kier alpha value is -2.10. The molecule has 3 heteroatoms. The van der Waals surface area contributed by atoms with Crippen LogP contribution in [-0.2, 0) is 4.74 Å². The molecule has 0 N–H and O–H groups in total. The van der Waals surface area contributed by atoms with Crippen LogP contribution < -0.4 is 4.90 Å². The molecule has 2 aromatic rings. The molecule has 0 amide bonds. The first kappa shape index (κ1) is 18.3. The van der Waals surface area contributed by atoms with Crippen molar-refractivity contribution in [3.63, 3.8) is 0 Å². The summed E-state index contributed by atoms with van der Waals surface area (Å²) in [6.07, 6.45) is 2.18.